The number of benzene rings is 2. The van der Waals surface area contributed by atoms with Gasteiger partial charge in [-0.25, -0.2) is 4.79 Å². The van der Waals surface area contributed by atoms with Gasteiger partial charge in [0.2, 0.25) is 0 Å². The summed E-state index contributed by atoms with van der Waals surface area (Å²) in [5.41, 5.74) is 1.19. The number of carbonyl (C=O) groups is 2. The van der Waals surface area contributed by atoms with Gasteiger partial charge in [-0.15, -0.1) is 0 Å². The Labute approximate surface area is 135 Å². The SMILES string of the molecule is O=C(O)C1=Cc2cc(C(=O)c3c(Cl)cccc3Cl)c(O)cc21. The number of fused-ring (bicyclic) bond motifs is 1. The van der Waals surface area contributed by atoms with Crippen LogP contribution in [0.2, 0.25) is 10.0 Å². The zero-order chi connectivity index (χ0) is 16.0. The predicted octanol–water partition coefficient (Wildman–Crippen LogP) is 3.87. The van der Waals surface area contributed by atoms with Gasteiger partial charge < -0.3 is 10.2 Å². The van der Waals surface area contributed by atoms with Crippen LogP contribution in [0.3, 0.4) is 0 Å². The topological polar surface area (TPSA) is 74.6 Å². The fourth-order valence-corrected chi connectivity index (χ4v) is 2.89. The Morgan fingerprint density at radius 2 is 1.68 bits per heavy atom. The molecule has 2 aromatic carbocycles. The zero-order valence-electron chi connectivity index (χ0n) is 10.9. The van der Waals surface area contributed by atoms with Crippen molar-refractivity contribution >= 4 is 46.6 Å². The van der Waals surface area contributed by atoms with Gasteiger partial charge in [-0.2, -0.15) is 0 Å². The van der Waals surface area contributed by atoms with Crippen molar-refractivity contribution in [2.24, 2.45) is 0 Å². The summed E-state index contributed by atoms with van der Waals surface area (Å²) < 4.78 is 0. The van der Waals surface area contributed by atoms with E-state index >= 15 is 0 Å². The average molecular weight is 335 g/mol. The van der Waals surface area contributed by atoms with E-state index in [0.29, 0.717) is 11.1 Å². The molecule has 6 heteroatoms. The van der Waals surface area contributed by atoms with Crippen molar-refractivity contribution in [2.45, 2.75) is 0 Å². The minimum atomic E-state index is -1.08. The molecule has 0 aromatic heterocycles. The number of phenolic OH excluding ortho intramolecular Hbond substituents is 1. The number of carbonyl (C=O) groups excluding carboxylic acids is 1. The third kappa shape index (κ3) is 2.17. The number of carboxylic acids is 1. The van der Waals surface area contributed by atoms with Gasteiger partial charge in [0.25, 0.3) is 0 Å². The molecule has 2 N–H and O–H groups in total. The van der Waals surface area contributed by atoms with Crippen LogP contribution in [0.5, 0.6) is 5.75 Å². The Balaban J connectivity index is 2.08. The van der Waals surface area contributed by atoms with Gasteiger partial charge in [-0.3, -0.25) is 4.79 Å². The highest BCUT2D eigenvalue weighted by Crippen LogP contribution is 2.38. The summed E-state index contributed by atoms with van der Waals surface area (Å²) in [5, 5.41) is 19.3. The first-order chi connectivity index (χ1) is 10.4. The lowest BCUT2D eigenvalue weighted by molar-refractivity contribution is -0.130. The lowest BCUT2D eigenvalue weighted by atomic mass is 9.85. The van der Waals surface area contributed by atoms with Gasteiger partial charge in [0, 0.05) is 0 Å². The highest BCUT2D eigenvalue weighted by molar-refractivity contribution is 6.41. The molecule has 2 aromatic rings. The Bertz CT molecular complexity index is 848. The molecule has 0 bridgehead atoms. The monoisotopic (exact) mass is 334 g/mol. The molecular formula is C16H8Cl2O4. The molecule has 0 radical (unpaired) electrons. The van der Waals surface area contributed by atoms with Crippen LogP contribution in [0, 0.1) is 0 Å². The van der Waals surface area contributed by atoms with Crippen LogP contribution in [0.25, 0.3) is 11.6 Å². The molecule has 0 unspecified atom stereocenters. The summed E-state index contributed by atoms with van der Waals surface area (Å²) in [6, 6.07) is 7.36. The predicted molar refractivity (Wildman–Crippen MR) is 83.5 cm³/mol. The summed E-state index contributed by atoms with van der Waals surface area (Å²) in [4.78, 5) is 23.5. The first-order valence-corrected chi connectivity index (χ1v) is 6.97. The van der Waals surface area contributed by atoms with Crippen LogP contribution in [0.4, 0.5) is 0 Å². The van der Waals surface area contributed by atoms with Gasteiger partial charge in [0.15, 0.2) is 5.78 Å². The Morgan fingerprint density at radius 1 is 1.05 bits per heavy atom. The maximum atomic E-state index is 12.5. The van der Waals surface area contributed by atoms with E-state index in [0.717, 1.165) is 0 Å². The summed E-state index contributed by atoms with van der Waals surface area (Å²) in [6.07, 6.45) is 1.43. The number of hydrogen-bond donors (Lipinski definition) is 2. The number of ketones is 1. The molecule has 4 nitrogen and oxygen atoms in total. The Hall–Kier alpha value is -2.30. The fraction of sp³-hybridized carbons (Fsp3) is 0. The highest BCUT2D eigenvalue weighted by Gasteiger charge is 2.27. The normalized spacial score (nSPS) is 12.2. The molecule has 0 saturated carbocycles. The summed E-state index contributed by atoms with van der Waals surface area (Å²) in [5.74, 6) is -1.92. The molecule has 0 aliphatic heterocycles. The van der Waals surface area contributed by atoms with Crippen LogP contribution in [0.1, 0.15) is 27.0 Å². The maximum absolute atomic E-state index is 12.5. The number of halogens is 2. The second-order valence-corrected chi connectivity index (χ2v) is 5.56. The van der Waals surface area contributed by atoms with Crippen molar-refractivity contribution < 1.29 is 19.8 Å². The second-order valence-electron chi connectivity index (χ2n) is 4.75. The molecular weight excluding hydrogens is 327 g/mol. The van der Waals surface area contributed by atoms with Crippen molar-refractivity contribution in [3.63, 3.8) is 0 Å². The molecule has 0 amide bonds. The van der Waals surface area contributed by atoms with Crippen molar-refractivity contribution in [1.29, 1.82) is 0 Å². The fourth-order valence-electron chi connectivity index (χ4n) is 2.32. The van der Waals surface area contributed by atoms with Gasteiger partial charge in [0.1, 0.15) is 5.75 Å². The largest absolute Gasteiger partial charge is 0.507 e. The Morgan fingerprint density at radius 3 is 2.27 bits per heavy atom. The van der Waals surface area contributed by atoms with Crippen LogP contribution in [0.15, 0.2) is 30.3 Å². The van der Waals surface area contributed by atoms with E-state index in [2.05, 4.69) is 0 Å². The van der Waals surface area contributed by atoms with Crippen molar-refractivity contribution in [3.8, 4) is 5.75 Å². The minimum Gasteiger partial charge on any atom is -0.507 e. The zero-order valence-corrected chi connectivity index (χ0v) is 12.4. The third-order valence-electron chi connectivity index (χ3n) is 3.42. The number of phenols is 1. The van der Waals surface area contributed by atoms with E-state index < -0.39 is 11.8 Å². The van der Waals surface area contributed by atoms with Crippen molar-refractivity contribution in [2.75, 3.05) is 0 Å². The molecule has 0 spiro atoms. The lowest BCUT2D eigenvalue weighted by Gasteiger charge is -2.19. The molecule has 1 aliphatic rings. The van der Waals surface area contributed by atoms with Crippen LogP contribution in [-0.4, -0.2) is 22.0 Å². The number of rotatable bonds is 3. The smallest absolute Gasteiger partial charge is 0.336 e. The number of aliphatic carboxylic acids is 1. The first kappa shape index (κ1) is 14.6. The quantitative estimate of drug-likeness (QED) is 0.835. The summed E-state index contributed by atoms with van der Waals surface area (Å²) in [6.45, 7) is 0. The average Bonchev–Trinajstić information content (AvgIpc) is 2.41. The van der Waals surface area contributed by atoms with Crippen LogP contribution >= 0.6 is 23.2 Å². The van der Waals surface area contributed by atoms with Gasteiger partial charge >= 0.3 is 5.97 Å². The van der Waals surface area contributed by atoms with E-state index in [4.69, 9.17) is 28.3 Å². The summed E-state index contributed by atoms with van der Waals surface area (Å²) >= 11 is 12.0. The van der Waals surface area contributed by atoms with Crippen molar-refractivity contribution in [3.05, 3.63) is 62.6 Å². The maximum Gasteiger partial charge on any atom is 0.336 e. The second kappa shape index (κ2) is 5.16. The van der Waals surface area contributed by atoms with E-state index in [1.54, 1.807) is 6.07 Å². The lowest BCUT2D eigenvalue weighted by Crippen LogP contribution is -2.11. The molecule has 0 atom stereocenters. The van der Waals surface area contributed by atoms with Gasteiger partial charge in [-0.1, -0.05) is 29.3 Å². The van der Waals surface area contributed by atoms with E-state index in [1.165, 1.54) is 30.3 Å². The first-order valence-electron chi connectivity index (χ1n) is 6.21. The molecule has 0 fully saturated rings. The van der Waals surface area contributed by atoms with Gasteiger partial charge in [-0.05, 0) is 41.5 Å². The number of carboxylic acid groups (broad SMARTS) is 1. The van der Waals surface area contributed by atoms with Crippen LogP contribution in [-0.2, 0) is 4.79 Å². The van der Waals surface area contributed by atoms with E-state index in [9.17, 15) is 14.7 Å². The van der Waals surface area contributed by atoms with E-state index in [-0.39, 0.29) is 32.5 Å². The number of hydrogen-bond acceptors (Lipinski definition) is 3. The molecule has 22 heavy (non-hydrogen) atoms. The van der Waals surface area contributed by atoms with Crippen molar-refractivity contribution in [1.82, 2.24) is 0 Å². The molecule has 3 rings (SSSR count). The molecule has 0 saturated heterocycles. The highest BCUT2D eigenvalue weighted by atomic mass is 35.5. The minimum absolute atomic E-state index is 0.0226. The van der Waals surface area contributed by atoms with Gasteiger partial charge in [0.05, 0.1) is 26.7 Å². The summed E-state index contributed by atoms with van der Waals surface area (Å²) in [7, 11) is 0. The van der Waals surface area contributed by atoms with Crippen LogP contribution < -0.4 is 0 Å². The molecule has 110 valence electrons. The molecule has 1 aliphatic carbocycles. The Kier molecular flexibility index (Phi) is 3.43. The molecule has 0 heterocycles. The third-order valence-corrected chi connectivity index (χ3v) is 4.05. The number of aromatic hydroxyl groups is 1. The van der Waals surface area contributed by atoms with E-state index in [1.807, 2.05) is 0 Å². The standard InChI is InChI=1S/C16H8Cl2O4/c17-11-2-1-3-12(18)14(11)15(20)10-5-7-4-9(16(21)22)8(7)6-13(10)19/h1-6,19H,(H,21,22).